The molecule has 1 aliphatic rings. The van der Waals surface area contributed by atoms with E-state index in [4.69, 9.17) is 5.73 Å². The Morgan fingerprint density at radius 2 is 2.00 bits per heavy atom. The minimum Gasteiger partial charge on any atom is -0.368 e. The molecule has 0 saturated carbocycles. The average Bonchev–Trinajstić information content (AvgIpc) is 2.28. The minimum absolute atomic E-state index is 0.0695. The maximum absolute atomic E-state index is 12.4. The predicted octanol–water partition coefficient (Wildman–Crippen LogP) is 0.575. The van der Waals surface area contributed by atoms with E-state index in [9.17, 15) is 8.42 Å². The number of nitrogens with two attached hydrogens (primary N) is 1. The van der Waals surface area contributed by atoms with Crippen molar-refractivity contribution in [1.29, 1.82) is 0 Å². The van der Waals surface area contributed by atoms with Crippen molar-refractivity contribution in [1.82, 2.24) is 14.3 Å². The highest BCUT2D eigenvalue weighted by molar-refractivity contribution is 8.00. The van der Waals surface area contributed by atoms with Gasteiger partial charge in [-0.15, -0.1) is 0 Å². The van der Waals surface area contributed by atoms with Crippen LogP contribution in [0.2, 0.25) is 0 Å². The summed E-state index contributed by atoms with van der Waals surface area (Å²) in [7, 11) is -3.51. The van der Waals surface area contributed by atoms with E-state index in [2.05, 4.69) is 9.97 Å². The van der Waals surface area contributed by atoms with Gasteiger partial charge in [0.15, 0.2) is 0 Å². The Hall–Kier alpha value is -0.860. The molecule has 1 aromatic heterocycles. The molecule has 0 aliphatic carbocycles. The standard InChI is InChI=1S/C10H16N4O2S2/c1-10(2)7-14(3-4-17-10)18(15,16)8-5-12-9(11)13-6-8/h5-6H,3-4,7H2,1-2H3,(H2,11,12,13). The van der Waals surface area contributed by atoms with Crippen molar-refractivity contribution in [2.24, 2.45) is 0 Å². The molecule has 1 aliphatic heterocycles. The molecule has 18 heavy (non-hydrogen) atoms. The van der Waals surface area contributed by atoms with Gasteiger partial charge in [-0.2, -0.15) is 16.1 Å². The van der Waals surface area contributed by atoms with Gasteiger partial charge in [-0.25, -0.2) is 18.4 Å². The molecule has 8 heteroatoms. The van der Waals surface area contributed by atoms with Gasteiger partial charge in [0.25, 0.3) is 0 Å². The SMILES string of the molecule is CC1(C)CN(S(=O)(=O)c2cnc(N)nc2)CCS1. The highest BCUT2D eigenvalue weighted by atomic mass is 32.2. The molecule has 1 saturated heterocycles. The van der Waals surface area contributed by atoms with E-state index in [1.165, 1.54) is 16.7 Å². The van der Waals surface area contributed by atoms with E-state index in [1.54, 1.807) is 11.8 Å². The first kappa shape index (κ1) is 13.6. The second-order valence-electron chi connectivity index (χ2n) is 4.72. The van der Waals surface area contributed by atoms with Crippen LogP contribution in [0.5, 0.6) is 0 Å². The molecule has 0 atom stereocenters. The number of nitrogens with zero attached hydrogens (tertiary/aromatic N) is 3. The fraction of sp³-hybridized carbons (Fsp3) is 0.600. The van der Waals surface area contributed by atoms with Crippen molar-refractivity contribution in [2.45, 2.75) is 23.5 Å². The Balaban J connectivity index is 2.28. The third-order valence-corrected chi connectivity index (χ3v) is 5.77. The molecular formula is C10H16N4O2S2. The van der Waals surface area contributed by atoms with E-state index in [0.29, 0.717) is 13.1 Å². The molecule has 1 aromatic rings. The normalized spacial score (nSPS) is 20.8. The number of anilines is 1. The van der Waals surface area contributed by atoms with Gasteiger partial charge >= 0.3 is 0 Å². The maximum atomic E-state index is 12.4. The third kappa shape index (κ3) is 2.76. The zero-order valence-corrected chi connectivity index (χ0v) is 12.0. The third-order valence-electron chi connectivity index (χ3n) is 2.68. The van der Waals surface area contributed by atoms with Crippen LogP contribution in [-0.4, -0.2) is 46.3 Å². The van der Waals surface area contributed by atoms with Crippen LogP contribution in [0, 0.1) is 0 Å². The molecule has 0 unspecified atom stereocenters. The van der Waals surface area contributed by atoms with Crippen LogP contribution >= 0.6 is 11.8 Å². The van der Waals surface area contributed by atoms with Crippen molar-refractivity contribution >= 4 is 27.7 Å². The molecule has 1 fully saturated rings. The summed E-state index contributed by atoms with van der Waals surface area (Å²) in [6.07, 6.45) is 2.51. The second kappa shape index (κ2) is 4.67. The van der Waals surface area contributed by atoms with Crippen LogP contribution in [-0.2, 0) is 10.0 Å². The maximum Gasteiger partial charge on any atom is 0.246 e. The lowest BCUT2D eigenvalue weighted by Crippen LogP contribution is -2.46. The summed E-state index contributed by atoms with van der Waals surface area (Å²) < 4.78 is 26.2. The smallest absolute Gasteiger partial charge is 0.246 e. The zero-order valence-electron chi connectivity index (χ0n) is 10.3. The van der Waals surface area contributed by atoms with E-state index >= 15 is 0 Å². The van der Waals surface area contributed by atoms with Crippen LogP contribution in [0.25, 0.3) is 0 Å². The second-order valence-corrected chi connectivity index (χ2v) is 8.46. The molecule has 2 heterocycles. The van der Waals surface area contributed by atoms with Gasteiger partial charge in [0, 0.05) is 23.6 Å². The van der Waals surface area contributed by atoms with Crippen molar-refractivity contribution < 1.29 is 8.42 Å². The first-order valence-electron chi connectivity index (χ1n) is 5.53. The summed E-state index contributed by atoms with van der Waals surface area (Å²) in [6, 6.07) is 0. The number of rotatable bonds is 2. The van der Waals surface area contributed by atoms with E-state index < -0.39 is 10.0 Å². The molecule has 0 aromatic carbocycles. The average molecular weight is 288 g/mol. The Morgan fingerprint density at radius 3 is 2.56 bits per heavy atom. The molecule has 2 rings (SSSR count). The van der Waals surface area contributed by atoms with Gasteiger partial charge in [0.05, 0.1) is 12.4 Å². The Kier molecular flexibility index (Phi) is 3.52. The van der Waals surface area contributed by atoms with Gasteiger partial charge in [0.2, 0.25) is 16.0 Å². The summed E-state index contributed by atoms with van der Waals surface area (Å²) in [6.45, 7) is 5.09. The van der Waals surface area contributed by atoms with Crippen molar-refractivity contribution in [2.75, 3.05) is 24.6 Å². The molecule has 0 spiro atoms. The Morgan fingerprint density at radius 1 is 1.39 bits per heavy atom. The van der Waals surface area contributed by atoms with Gasteiger partial charge in [-0.05, 0) is 13.8 Å². The molecule has 0 radical (unpaired) electrons. The Labute approximate surface area is 111 Å². The zero-order chi connectivity index (χ0) is 13.4. The lowest BCUT2D eigenvalue weighted by atomic mass is 10.2. The van der Waals surface area contributed by atoms with E-state index in [-0.39, 0.29) is 15.6 Å². The van der Waals surface area contributed by atoms with Gasteiger partial charge in [-0.1, -0.05) is 0 Å². The lowest BCUT2D eigenvalue weighted by molar-refractivity contribution is 0.387. The van der Waals surface area contributed by atoms with E-state index in [0.717, 1.165) is 5.75 Å². The number of aromatic nitrogens is 2. The summed E-state index contributed by atoms with van der Waals surface area (Å²) >= 11 is 1.78. The molecule has 0 amide bonds. The van der Waals surface area contributed by atoms with Crippen molar-refractivity contribution in [3.05, 3.63) is 12.4 Å². The fourth-order valence-corrected chi connectivity index (χ4v) is 4.59. The highest BCUT2D eigenvalue weighted by Gasteiger charge is 2.34. The van der Waals surface area contributed by atoms with Gasteiger partial charge in [-0.3, -0.25) is 0 Å². The summed E-state index contributed by atoms with van der Waals surface area (Å²) in [5.74, 6) is 0.866. The van der Waals surface area contributed by atoms with Crippen LogP contribution in [0.1, 0.15) is 13.8 Å². The Bertz CT molecular complexity index is 527. The van der Waals surface area contributed by atoms with E-state index in [1.807, 2.05) is 13.8 Å². The highest BCUT2D eigenvalue weighted by Crippen LogP contribution is 2.32. The number of hydrogen-bond acceptors (Lipinski definition) is 6. The number of sulfonamides is 1. The van der Waals surface area contributed by atoms with Gasteiger partial charge in [0.1, 0.15) is 4.90 Å². The predicted molar refractivity (Wildman–Crippen MR) is 71.7 cm³/mol. The topological polar surface area (TPSA) is 89.2 Å². The first-order chi connectivity index (χ1) is 8.31. The number of thioether (sulfide) groups is 1. The van der Waals surface area contributed by atoms with Gasteiger partial charge < -0.3 is 5.73 Å². The number of hydrogen-bond donors (Lipinski definition) is 1. The molecule has 0 bridgehead atoms. The van der Waals surface area contributed by atoms with Crippen LogP contribution in [0.3, 0.4) is 0 Å². The number of nitrogen functional groups attached to an aromatic ring is 1. The van der Waals surface area contributed by atoms with Crippen molar-refractivity contribution in [3.8, 4) is 0 Å². The van der Waals surface area contributed by atoms with Crippen LogP contribution in [0.15, 0.2) is 17.3 Å². The molecule has 2 N–H and O–H groups in total. The van der Waals surface area contributed by atoms with Crippen LogP contribution in [0.4, 0.5) is 5.95 Å². The lowest BCUT2D eigenvalue weighted by Gasteiger charge is -2.36. The molecule has 6 nitrogen and oxygen atoms in total. The quantitative estimate of drug-likeness (QED) is 0.856. The van der Waals surface area contributed by atoms with Crippen LogP contribution < -0.4 is 5.73 Å². The largest absolute Gasteiger partial charge is 0.368 e. The summed E-state index contributed by atoms with van der Waals surface area (Å²) in [5, 5.41) is 0. The summed E-state index contributed by atoms with van der Waals surface area (Å²) in [4.78, 5) is 7.56. The summed E-state index contributed by atoms with van der Waals surface area (Å²) in [5.41, 5.74) is 5.36. The molecular weight excluding hydrogens is 272 g/mol. The fourth-order valence-electron chi connectivity index (χ4n) is 1.79. The minimum atomic E-state index is -3.51. The monoisotopic (exact) mass is 288 g/mol. The molecule has 100 valence electrons. The van der Waals surface area contributed by atoms with Crippen molar-refractivity contribution in [3.63, 3.8) is 0 Å². The first-order valence-corrected chi connectivity index (χ1v) is 7.95.